The van der Waals surface area contributed by atoms with Gasteiger partial charge in [-0.1, -0.05) is 141 Å². The second-order valence-corrected chi connectivity index (χ2v) is 17.2. The van der Waals surface area contributed by atoms with E-state index in [-0.39, 0.29) is 12.8 Å². The second kappa shape index (κ2) is 34.5. The first-order chi connectivity index (χ1) is 29.7. The predicted octanol–water partition coefficient (Wildman–Crippen LogP) is 7.78. The Kier molecular flexibility index (Phi) is 31.2. The lowest BCUT2D eigenvalue weighted by Crippen LogP contribution is -2.64. The quantitative estimate of drug-likeness (QED) is 0.0201. The Morgan fingerprint density at radius 1 is 0.525 bits per heavy atom. The summed E-state index contributed by atoms with van der Waals surface area (Å²) in [6, 6.07) is 0. The SMILES string of the molecule is CCCCCCCC/C=C\CCCCCCCC(=O)O[C@@H]1C(O)[C@H](O)[C@@H](CO)O[C@@H]1O[C@]1(CO)O[C@H](CO)[C@@H](O)[C@@H]1OC(=O)CCCCCCC/C=C\CCCCCCCC. The maximum absolute atomic E-state index is 13.0. The van der Waals surface area contributed by atoms with E-state index in [1.807, 2.05) is 0 Å². The Labute approximate surface area is 367 Å². The molecule has 0 amide bonds. The number of hydrogen-bond acceptors (Lipinski definition) is 13. The molecule has 2 aliphatic heterocycles. The van der Waals surface area contributed by atoms with Gasteiger partial charge in [0.25, 0.3) is 0 Å². The fourth-order valence-electron chi connectivity index (χ4n) is 7.98. The molecular formula is C48H86O13. The van der Waals surface area contributed by atoms with Crippen molar-refractivity contribution in [1.29, 1.82) is 0 Å². The van der Waals surface area contributed by atoms with Gasteiger partial charge in [-0.3, -0.25) is 9.59 Å². The minimum absolute atomic E-state index is 0.0250. The summed E-state index contributed by atoms with van der Waals surface area (Å²) in [6.07, 6.45) is 24.9. The summed E-state index contributed by atoms with van der Waals surface area (Å²) in [5.74, 6) is -3.68. The Bertz CT molecular complexity index is 1170. The summed E-state index contributed by atoms with van der Waals surface area (Å²) >= 11 is 0. The van der Waals surface area contributed by atoms with Crippen molar-refractivity contribution in [3.8, 4) is 0 Å². The number of rotatable bonds is 37. The first-order valence-corrected chi connectivity index (χ1v) is 24.2. The molecule has 61 heavy (non-hydrogen) atoms. The van der Waals surface area contributed by atoms with E-state index in [1.54, 1.807) is 0 Å². The zero-order valence-corrected chi connectivity index (χ0v) is 37.9. The summed E-state index contributed by atoms with van der Waals surface area (Å²) in [4.78, 5) is 26.1. The lowest BCUT2D eigenvalue weighted by atomic mass is 9.98. The van der Waals surface area contributed by atoms with Crippen LogP contribution in [0.3, 0.4) is 0 Å². The molecule has 0 aromatic heterocycles. The van der Waals surface area contributed by atoms with Crippen molar-refractivity contribution in [1.82, 2.24) is 0 Å². The molecule has 0 radical (unpaired) electrons. The van der Waals surface area contributed by atoms with Crippen LogP contribution in [-0.2, 0) is 33.3 Å². The standard InChI is InChI=1S/C48H86O13/c1-3-5-7-9-11-13-15-17-19-21-23-25-27-29-31-33-40(52)58-45-44(56)42(54)38(35-49)57-47(45)61-48(37-51)46(43(55)39(36-50)60-48)59-41(53)34-32-30-28-26-24-22-20-18-16-14-12-10-8-6-4-2/h17-20,38-39,42-47,49-51,54-56H,3-16,21-37H2,1-2H3/b19-17-,20-18-/t38-,39-,42-,43-,44?,45-,46+,47-,48+/m1/s1. The van der Waals surface area contributed by atoms with Gasteiger partial charge in [-0.25, -0.2) is 0 Å². The minimum atomic E-state index is -2.31. The fourth-order valence-corrected chi connectivity index (χ4v) is 7.98. The third kappa shape index (κ3) is 22.0. The molecule has 13 heteroatoms. The Hall–Kier alpha value is -1.94. The highest BCUT2D eigenvalue weighted by Crippen LogP contribution is 2.39. The number of hydrogen-bond donors (Lipinski definition) is 6. The number of ether oxygens (including phenoxy) is 5. The zero-order valence-electron chi connectivity index (χ0n) is 37.9. The largest absolute Gasteiger partial charge is 0.454 e. The first-order valence-electron chi connectivity index (χ1n) is 24.2. The molecule has 2 saturated heterocycles. The highest BCUT2D eigenvalue weighted by atomic mass is 16.8. The molecule has 2 rings (SSSR count). The maximum atomic E-state index is 13.0. The van der Waals surface area contributed by atoms with Gasteiger partial charge in [0.05, 0.1) is 13.2 Å². The van der Waals surface area contributed by atoms with Gasteiger partial charge in [-0.05, 0) is 64.2 Å². The zero-order chi connectivity index (χ0) is 44.6. The van der Waals surface area contributed by atoms with Crippen LogP contribution in [0.25, 0.3) is 0 Å². The van der Waals surface area contributed by atoms with Crippen LogP contribution in [0, 0.1) is 0 Å². The van der Waals surface area contributed by atoms with E-state index < -0.39 is 86.6 Å². The van der Waals surface area contributed by atoms with Gasteiger partial charge in [0.2, 0.25) is 12.1 Å². The predicted molar refractivity (Wildman–Crippen MR) is 235 cm³/mol. The van der Waals surface area contributed by atoms with Crippen molar-refractivity contribution in [2.24, 2.45) is 0 Å². The number of carbonyl (C=O) groups excluding carboxylic acids is 2. The number of allylic oxidation sites excluding steroid dienone is 4. The highest BCUT2D eigenvalue weighted by Gasteiger charge is 2.61. The van der Waals surface area contributed by atoms with Crippen LogP contribution < -0.4 is 0 Å². The van der Waals surface area contributed by atoms with Crippen LogP contribution in [0.4, 0.5) is 0 Å². The normalized spacial score (nSPS) is 26.8. The molecule has 0 spiro atoms. The summed E-state index contributed by atoms with van der Waals surface area (Å²) in [7, 11) is 0. The average Bonchev–Trinajstić information content (AvgIpc) is 3.52. The van der Waals surface area contributed by atoms with E-state index in [4.69, 9.17) is 23.7 Å². The molecule has 0 aliphatic carbocycles. The van der Waals surface area contributed by atoms with E-state index in [9.17, 15) is 40.2 Å². The van der Waals surface area contributed by atoms with Crippen molar-refractivity contribution >= 4 is 11.9 Å². The summed E-state index contributed by atoms with van der Waals surface area (Å²) in [5, 5.41) is 63.2. The van der Waals surface area contributed by atoms with Gasteiger partial charge in [0.1, 0.15) is 37.1 Å². The van der Waals surface area contributed by atoms with Crippen LogP contribution in [0.2, 0.25) is 0 Å². The van der Waals surface area contributed by atoms with Gasteiger partial charge < -0.3 is 54.3 Å². The molecule has 2 aliphatic rings. The molecule has 2 heterocycles. The second-order valence-electron chi connectivity index (χ2n) is 17.2. The molecule has 0 aromatic carbocycles. The topological polar surface area (TPSA) is 202 Å². The number of aliphatic hydroxyl groups is 6. The number of esters is 2. The van der Waals surface area contributed by atoms with Gasteiger partial charge in [0.15, 0.2) is 12.2 Å². The van der Waals surface area contributed by atoms with Crippen LogP contribution in [0.15, 0.2) is 24.3 Å². The third-order valence-corrected chi connectivity index (χ3v) is 11.8. The van der Waals surface area contributed by atoms with Crippen molar-refractivity contribution in [3.05, 3.63) is 24.3 Å². The lowest BCUT2D eigenvalue weighted by Gasteiger charge is -2.44. The van der Waals surface area contributed by atoms with Crippen molar-refractivity contribution in [2.45, 2.75) is 248 Å². The molecule has 0 aromatic rings. The average molecular weight is 871 g/mol. The molecule has 356 valence electrons. The van der Waals surface area contributed by atoms with Gasteiger partial charge in [-0.2, -0.15) is 0 Å². The minimum Gasteiger partial charge on any atom is -0.454 e. The first kappa shape index (κ1) is 55.2. The van der Waals surface area contributed by atoms with E-state index in [2.05, 4.69) is 38.2 Å². The highest BCUT2D eigenvalue weighted by molar-refractivity contribution is 5.70. The van der Waals surface area contributed by atoms with Crippen molar-refractivity contribution in [3.63, 3.8) is 0 Å². The van der Waals surface area contributed by atoms with Crippen molar-refractivity contribution < 1.29 is 63.9 Å². The van der Waals surface area contributed by atoms with Crippen LogP contribution in [0.1, 0.15) is 194 Å². The van der Waals surface area contributed by atoms with Gasteiger partial charge in [0, 0.05) is 12.8 Å². The van der Waals surface area contributed by atoms with E-state index in [0.717, 1.165) is 77.0 Å². The Morgan fingerprint density at radius 3 is 1.36 bits per heavy atom. The third-order valence-electron chi connectivity index (χ3n) is 11.8. The summed E-state index contributed by atoms with van der Waals surface area (Å²) in [6.45, 7) is 2.01. The number of carbonyl (C=O) groups is 2. The van der Waals surface area contributed by atoms with E-state index in [1.165, 1.54) is 77.0 Å². The van der Waals surface area contributed by atoms with Gasteiger partial charge in [-0.15, -0.1) is 0 Å². The van der Waals surface area contributed by atoms with Crippen LogP contribution in [0.5, 0.6) is 0 Å². The molecule has 6 N–H and O–H groups in total. The maximum Gasteiger partial charge on any atom is 0.306 e. The smallest absolute Gasteiger partial charge is 0.306 e. The Morgan fingerprint density at radius 2 is 0.934 bits per heavy atom. The molecule has 13 nitrogen and oxygen atoms in total. The molecule has 9 atom stereocenters. The van der Waals surface area contributed by atoms with Crippen molar-refractivity contribution in [2.75, 3.05) is 19.8 Å². The summed E-state index contributed by atoms with van der Waals surface area (Å²) < 4.78 is 28.7. The van der Waals surface area contributed by atoms with E-state index >= 15 is 0 Å². The molecule has 0 saturated carbocycles. The molecule has 2 fully saturated rings. The molecule has 1 unspecified atom stereocenters. The molecule has 0 bridgehead atoms. The Balaban J connectivity index is 1.84. The van der Waals surface area contributed by atoms with Gasteiger partial charge >= 0.3 is 11.9 Å². The lowest BCUT2D eigenvalue weighted by molar-refractivity contribution is -0.384. The summed E-state index contributed by atoms with van der Waals surface area (Å²) in [5.41, 5.74) is 0. The number of aliphatic hydroxyl groups excluding tert-OH is 6. The van der Waals surface area contributed by atoms with Crippen LogP contribution >= 0.6 is 0 Å². The van der Waals surface area contributed by atoms with E-state index in [0.29, 0.717) is 12.8 Å². The fraction of sp³-hybridized carbons (Fsp3) is 0.875. The number of unbranched alkanes of at least 4 members (excludes halogenated alkanes) is 22. The monoisotopic (exact) mass is 871 g/mol. The van der Waals surface area contributed by atoms with Crippen LogP contribution in [-0.4, -0.2) is 117 Å². The molecular weight excluding hydrogens is 785 g/mol.